The van der Waals surface area contributed by atoms with Gasteiger partial charge >= 0.3 is 0 Å². The van der Waals surface area contributed by atoms with Crippen molar-refractivity contribution in [1.29, 1.82) is 0 Å². The molecule has 2 heterocycles. The molecule has 1 aromatic heterocycles. The van der Waals surface area contributed by atoms with Gasteiger partial charge in [0, 0.05) is 36.8 Å². The standard InChI is InChI=1S/C17H23ClN6/c1-20-14-10-24(11-14)16-8-13(22-17(19)23-16)9-21-7-6-12-4-2-3-5-15(12)18/h2-5,8,14,20-21H,6-7,9-11H2,1H3,(H2,19,22,23). The van der Waals surface area contributed by atoms with Crippen LogP contribution in [0, 0.1) is 0 Å². The zero-order chi connectivity index (χ0) is 16.9. The van der Waals surface area contributed by atoms with Crippen LogP contribution >= 0.6 is 11.6 Å². The number of nitrogens with two attached hydrogens (primary N) is 1. The molecule has 0 aliphatic carbocycles. The molecule has 4 N–H and O–H groups in total. The van der Waals surface area contributed by atoms with Crippen molar-refractivity contribution in [3.63, 3.8) is 0 Å². The predicted octanol–water partition coefficient (Wildman–Crippen LogP) is 1.45. The van der Waals surface area contributed by atoms with Crippen LogP contribution in [-0.4, -0.2) is 42.7 Å². The van der Waals surface area contributed by atoms with Crippen molar-refractivity contribution < 1.29 is 0 Å². The van der Waals surface area contributed by atoms with Crippen LogP contribution in [0.4, 0.5) is 11.8 Å². The molecule has 0 radical (unpaired) electrons. The maximum absolute atomic E-state index is 6.17. The number of benzene rings is 1. The van der Waals surface area contributed by atoms with Crippen molar-refractivity contribution in [2.45, 2.75) is 19.0 Å². The maximum Gasteiger partial charge on any atom is 0.222 e. The van der Waals surface area contributed by atoms with E-state index in [4.69, 9.17) is 17.3 Å². The van der Waals surface area contributed by atoms with E-state index in [0.29, 0.717) is 18.5 Å². The van der Waals surface area contributed by atoms with E-state index in [2.05, 4.69) is 25.5 Å². The van der Waals surface area contributed by atoms with Crippen molar-refractivity contribution in [1.82, 2.24) is 20.6 Å². The smallest absolute Gasteiger partial charge is 0.222 e. The van der Waals surface area contributed by atoms with E-state index in [-0.39, 0.29) is 0 Å². The molecular formula is C17H23ClN6. The first-order valence-corrected chi connectivity index (χ1v) is 8.53. The minimum absolute atomic E-state index is 0.323. The molecule has 0 unspecified atom stereocenters. The zero-order valence-electron chi connectivity index (χ0n) is 13.8. The van der Waals surface area contributed by atoms with E-state index in [9.17, 15) is 0 Å². The lowest BCUT2D eigenvalue weighted by Gasteiger charge is -2.40. The van der Waals surface area contributed by atoms with Crippen LogP contribution in [-0.2, 0) is 13.0 Å². The average molecular weight is 347 g/mol. The monoisotopic (exact) mass is 346 g/mol. The Hall–Kier alpha value is -1.89. The van der Waals surface area contributed by atoms with Crippen LogP contribution in [0.5, 0.6) is 0 Å². The van der Waals surface area contributed by atoms with E-state index in [1.54, 1.807) is 0 Å². The third kappa shape index (κ3) is 4.14. The second-order valence-corrected chi connectivity index (χ2v) is 6.39. The molecule has 1 aliphatic heterocycles. The van der Waals surface area contributed by atoms with Crippen LogP contribution in [0.25, 0.3) is 0 Å². The fraction of sp³-hybridized carbons (Fsp3) is 0.412. The topological polar surface area (TPSA) is 79.1 Å². The second kappa shape index (κ2) is 7.79. The highest BCUT2D eigenvalue weighted by Crippen LogP contribution is 2.20. The first kappa shape index (κ1) is 17.0. The summed E-state index contributed by atoms with van der Waals surface area (Å²) in [5.74, 6) is 1.22. The van der Waals surface area contributed by atoms with Crippen molar-refractivity contribution in [3.05, 3.63) is 46.6 Å². The van der Waals surface area contributed by atoms with Crippen molar-refractivity contribution in [3.8, 4) is 0 Å². The van der Waals surface area contributed by atoms with Gasteiger partial charge in [0.25, 0.3) is 0 Å². The number of hydrogen-bond donors (Lipinski definition) is 3. The zero-order valence-corrected chi connectivity index (χ0v) is 14.6. The molecule has 3 rings (SSSR count). The minimum Gasteiger partial charge on any atom is -0.368 e. The Labute approximate surface area is 147 Å². The summed E-state index contributed by atoms with van der Waals surface area (Å²) < 4.78 is 0. The Bertz CT molecular complexity index is 687. The van der Waals surface area contributed by atoms with Gasteiger partial charge in [-0.1, -0.05) is 29.8 Å². The van der Waals surface area contributed by atoms with Crippen molar-refractivity contribution in [2.75, 3.05) is 37.3 Å². The highest BCUT2D eigenvalue weighted by atomic mass is 35.5. The van der Waals surface area contributed by atoms with Crippen molar-refractivity contribution in [2.24, 2.45) is 0 Å². The van der Waals surface area contributed by atoms with Crippen LogP contribution in [0.1, 0.15) is 11.3 Å². The van der Waals surface area contributed by atoms with Crippen LogP contribution in [0.2, 0.25) is 5.02 Å². The lowest BCUT2D eigenvalue weighted by Crippen LogP contribution is -2.57. The van der Waals surface area contributed by atoms with E-state index >= 15 is 0 Å². The summed E-state index contributed by atoms with van der Waals surface area (Å²) in [7, 11) is 1.98. The van der Waals surface area contributed by atoms with Gasteiger partial charge < -0.3 is 21.3 Å². The number of nitrogen functional groups attached to an aromatic ring is 1. The molecule has 0 spiro atoms. The fourth-order valence-electron chi connectivity index (χ4n) is 2.74. The van der Waals surface area contributed by atoms with Gasteiger partial charge in [-0.25, -0.2) is 4.98 Å². The molecule has 1 aliphatic rings. The van der Waals surface area contributed by atoms with Gasteiger partial charge in [0.2, 0.25) is 5.95 Å². The molecule has 7 heteroatoms. The first-order chi connectivity index (χ1) is 11.7. The Morgan fingerprint density at radius 1 is 1.29 bits per heavy atom. The largest absolute Gasteiger partial charge is 0.368 e. The van der Waals surface area contributed by atoms with Crippen LogP contribution < -0.4 is 21.3 Å². The summed E-state index contributed by atoms with van der Waals surface area (Å²) in [6, 6.07) is 10.4. The summed E-state index contributed by atoms with van der Waals surface area (Å²) in [6.07, 6.45) is 0.878. The molecule has 24 heavy (non-hydrogen) atoms. The molecule has 1 fully saturated rings. The van der Waals surface area contributed by atoms with Crippen molar-refractivity contribution >= 4 is 23.4 Å². The van der Waals surface area contributed by atoms with Gasteiger partial charge in [-0.15, -0.1) is 0 Å². The lowest BCUT2D eigenvalue weighted by molar-refractivity contribution is 0.447. The average Bonchev–Trinajstić information content (AvgIpc) is 2.52. The second-order valence-electron chi connectivity index (χ2n) is 5.98. The molecule has 1 aromatic carbocycles. The normalized spacial score (nSPS) is 14.7. The van der Waals surface area contributed by atoms with Gasteiger partial charge in [-0.3, -0.25) is 0 Å². The molecule has 0 atom stereocenters. The summed E-state index contributed by atoms with van der Waals surface area (Å²) >= 11 is 6.17. The number of anilines is 2. The summed E-state index contributed by atoms with van der Waals surface area (Å²) in [6.45, 7) is 3.39. The maximum atomic E-state index is 6.17. The lowest BCUT2D eigenvalue weighted by atomic mass is 10.1. The van der Waals surface area contributed by atoms with Crippen LogP contribution in [0.15, 0.2) is 30.3 Å². The number of nitrogens with zero attached hydrogens (tertiary/aromatic N) is 3. The minimum atomic E-state index is 0.323. The predicted molar refractivity (Wildman–Crippen MR) is 98.4 cm³/mol. The molecule has 128 valence electrons. The van der Waals surface area contributed by atoms with Gasteiger partial charge in [0.15, 0.2) is 0 Å². The third-order valence-corrected chi connectivity index (χ3v) is 4.60. The van der Waals surface area contributed by atoms with E-state index < -0.39 is 0 Å². The van der Waals surface area contributed by atoms with Gasteiger partial charge in [0.1, 0.15) is 5.82 Å². The Balaban J connectivity index is 1.52. The van der Waals surface area contributed by atoms with E-state index in [1.165, 1.54) is 0 Å². The van der Waals surface area contributed by atoms with Gasteiger partial charge in [-0.2, -0.15) is 4.98 Å². The Kier molecular flexibility index (Phi) is 5.50. The van der Waals surface area contributed by atoms with Crippen LogP contribution in [0.3, 0.4) is 0 Å². The fourth-order valence-corrected chi connectivity index (χ4v) is 2.97. The molecular weight excluding hydrogens is 324 g/mol. The van der Waals surface area contributed by atoms with E-state index in [1.807, 2.05) is 37.4 Å². The number of aromatic nitrogens is 2. The Morgan fingerprint density at radius 2 is 2.08 bits per heavy atom. The number of likely N-dealkylation sites (N-methyl/N-ethyl adjacent to an activating group) is 1. The van der Waals surface area contributed by atoms with Gasteiger partial charge in [-0.05, 0) is 31.6 Å². The molecule has 0 amide bonds. The Morgan fingerprint density at radius 3 is 2.83 bits per heavy atom. The number of rotatable bonds is 7. The number of nitrogens with one attached hydrogen (secondary N) is 2. The third-order valence-electron chi connectivity index (χ3n) is 4.23. The summed E-state index contributed by atoms with van der Waals surface area (Å²) in [5.41, 5.74) is 7.90. The highest BCUT2D eigenvalue weighted by Gasteiger charge is 2.26. The molecule has 0 bridgehead atoms. The summed E-state index contributed by atoms with van der Waals surface area (Å²) in [5, 5.41) is 7.45. The quantitative estimate of drug-likeness (QED) is 0.659. The molecule has 6 nitrogen and oxygen atoms in total. The number of halogens is 1. The first-order valence-electron chi connectivity index (χ1n) is 8.15. The van der Waals surface area contributed by atoms with E-state index in [0.717, 1.165) is 48.2 Å². The highest BCUT2D eigenvalue weighted by molar-refractivity contribution is 6.31. The molecule has 0 saturated carbocycles. The van der Waals surface area contributed by atoms with Gasteiger partial charge in [0.05, 0.1) is 5.69 Å². The number of hydrogen-bond acceptors (Lipinski definition) is 6. The molecule has 2 aromatic rings. The summed E-state index contributed by atoms with van der Waals surface area (Å²) in [4.78, 5) is 10.8. The SMILES string of the molecule is CNC1CN(c2cc(CNCCc3ccccc3Cl)nc(N)n2)C1. The molecule has 1 saturated heterocycles.